The maximum Gasteiger partial charge on any atom is 0.274 e. The molecule has 1 unspecified atom stereocenters. The summed E-state index contributed by atoms with van der Waals surface area (Å²) in [4.78, 5) is 28.0. The Kier molecular flexibility index (Phi) is 5.11. The Morgan fingerprint density at radius 2 is 2.15 bits per heavy atom. The van der Waals surface area contributed by atoms with Crippen molar-refractivity contribution in [2.45, 2.75) is 33.7 Å². The molecule has 0 bridgehead atoms. The minimum absolute atomic E-state index is 0.136. The van der Waals surface area contributed by atoms with Crippen LogP contribution in [-0.4, -0.2) is 68.3 Å². The van der Waals surface area contributed by atoms with E-state index >= 15 is 0 Å². The lowest BCUT2D eigenvalue weighted by molar-refractivity contribution is -0.127. The molecule has 0 saturated carbocycles. The minimum Gasteiger partial charge on any atom is -0.343 e. The lowest BCUT2D eigenvalue weighted by Crippen LogP contribution is -2.33. The van der Waals surface area contributed by atoms with Gasteiger partial charge in [0, 0.05) is 44.7 Å². The second kappa shape index (κ2) is 7.31. The van der Waals surface area contributed by atoms with Crippen molar-refractivity contribution >= 4 is 11.8 Å². The van der Waals surface area contributed by atoms with Crippen molar-refractivity contribution in [2.75, 3.05) is 26.7 Å². The average Bonchev–Trinajstić information content (AvgIpc) is 3.27. The monoisotopic (exact) mass is 358 g/mol. The van der Waals surface area contributed by atoms with Gasteiger partial charge in [-0.3, -0.25) is 19.4 Å². The number of aryl methyl sites for hydroxylation is 2. The third-order valence-electron chi connectivity index (χ3n) is 4.83. The first-order valence-electron chi connectivity index (χ1n) is 8.96. The van der Waals surface area contributed by atoms with E-state index in [1.54, 1.807) is 18.0 Å². The second-order valence-corrected chi connectivity index (χ2v) is 7.05. The molecule has 0 aliphatic carbocycles. The fraction of sp³-hybridized carbons (Fsp3) is 0.556. The van der Waals surface area contributed by atoms with Gasteiger partial charge in [-0.15, -0.1) is 0 Å². The van der Waals surface area contributed by atoms with Crippen molar-refractivity contribution in [3.05, 3.63) is 34.9 Å². The molecular weight excluding hydrogens is 332 g/mol. The second-order valence-electron chi connectivity index (χ2n) is 7.05. The summed E-state index contributed by atoms with van der Waals surface area (Å²) in [6, 6.07) is 3.78. The zero-order valence-electron chi connectivity index (χ0n) is 15.8. The summed E-state index contributed by atoms with van der Waals surface area (Å²) in [7, 11) is 1.76. The van der Waals surface area contributed by atoms with Gasteiger partial charge >= 0.3 is 0 Å². The zero-order valence-corrected chi connectivity index (χ0v) is 15.8. The lowest BCUT2D eigenvalue weighted by Gasteiger charge is -2.20. The number of rotatable bonds is 6. The van der Waals surface area contributed by atoms with Gasteiger partial charge in [-0.05, 0) is 32.9 Å². The van der Waals surface area contributed by atoms with Crippen molar-refractivity contribution in [3.8, 4) is 0 Å². The quantitative estimate of drug-likeness (QED) is 0.841. The fourth-order valence-corrected chi connectivity index (χ4v) is 3.50. The van der Waals surface area contributed by atoms with E-state index in [4.69, 9.17) is 0 Å². The number of H-pyrrole nitrogens is 1. The first kappa shape index (κ1) is 18.2. The number of nitrogens with one attached hydrogen (secondary N) is 1. The summed E-state index contributed by atoms with van der Waals surface area (Å²) in [5.41, 5.74) is 3.25. The van der Waals surface area contributed by atoms with Gasteiger partial charge in [-0.25, -0.2) is 0 Å². The number of likely N-dealkylation sites (tertiary alicyclic amines) is 1. The fourth-order valence-electron chi connectivity index (χ4n) is 3.50. The SMILES string of the molecule is CCN1CC(CN(C)C(=O)c2cc(Cn3nc(C)cc3C)[nH]n2)CC1=O. The molecule has 1 N–H and O–H groups in total. The van der Waals surface area contributed by atoms with Crippen LogP contribution in [0.3, 0.4) is 0 Å². The summed E-state index contributed by atoms with van der Waals surface area (Å²) in [6.45, 7) is 8.47. The Labute approximate surface area is 153 Å². The van der Waals surface area contributed by atoms with Gasteiger partial charge in [-0.1, -0.05) is 0 Å². The molecule has 1 aliphatic rings. The molecule has 140 valence electrons. The van der Waals surface area contributed by atoms with Gasteiger partial charge in [0.2, 0.25) is 5.91 Å². The van der Waals surface area contributed by atoms with Crippen molar-refractivity contribution in [1.29, 1.82) is 0 Å². The van der Waals surface area contributed by atoms with Crippen molar-refractivity contribution < 1.29 is 9.59 Å². The summed E-state index contributed by atoms with van der Waals surface area (Å²) < 4.78 is 1.88. The summed E-state index contributed by atoms with van der Waals surface area (Å²) in [6.07, 6.45) is 0.509. The maximum atomic E-state index is 12.6. The standard InChI is InChI=1S/C18H26N6O2/c1-5-23-10-14(7-17(23)25)9-22(4)18(26)16-8-15(19-20-16)11-24-13(3)6-12(2)21-24/h6,8,14H,5,7,9-11H2,1-4H3,(H,19,20). The van der Waals surface area contributed by atoms with Gasteiger partial charge in [0.25, 0.3) is 5.91 Å². The molecule has 1 saturated heterocycles. The molecular formula is C18H26N6O2. The van der Waals surface area contributed by atoms with E-state index in [0.717, 1.165) is 30.2 Å². The number of aromatic nitrogens is 4. The van der Waals surface area contributed by atoms with Crippen LogP contribution in [0.4, 0.5) is 0 Å². The molecule has 1 aliphatic heterocycles. The Morgan fingerprint density at radius 3 is 2.77 bits per heavy atom. The van der Waals surface area contributed by atoms with Gasteiger partial charge in [-0.2, -0.15) is 10.2 Å². The van der Waals surface area contributed by atoms with E-state index in [9.17, 15) is 9.59 Å². The van der Waals surface area contributed by atoms with Crippen molar-refractivity contribution in [2.24, 2.45) is 5.92 Å². The van der Waals surface area contributed by atoms with Gasteiger partial charge in [0.1, 0.15) is 5.69 Å². The van der Waals surface area contributed by atoms with Crippen molar-refractivity contribution in [1.82, 2.24) is 29.8 Å². The Morgan fingerprint density at radius 1 is 1.38 bits per heavy atom. The average molecular weight is 358 g/mol. The van der Waals surface area contributed by atoms with Crippen molar-refractivity contribution in [3.63, 3.8) is 0 Å². The number of hydrogen-bond acceptors (Lipinski definition) is 4. The molecule has 26 heavy (non-hydrogen) atoms. The third kappa shape index (κ3) is 3.79. The van der Waals surface area contributed by atoms with Gasteiger partial charge in [0.05, 0.1) is 17.9 Å². The molecule has 2 aromatic rings. The third-order valence-corrected chi connectivity index (χ3v) is 4.83. The number of aromatic amines is 1. The Bertz CT molecular complexity index is 808. The number of hydrogen-bond donors (Lipinski definition) is 1. The molecule has 2 aromatic heterocycles. The molecule has 2 amide bonds. The molecule has 8 heteroatoms. The van der Waals surface area contributed by atoms with Gasteiger partial charge in [0.15, 0.2) is 0 Å². The number of amides is 2. The number of nitrogens with zero attached hydrogens (tertiary/aromatic N) is 5. The predicted octanol–water partition coefficient (Wildman–Crippen LogP) is 1.21. The molecule has 1 fully saturated rings. The summed E-state index contributed by atoms with van der Waals surface area (Å²) >= 11 is 0. The highest BCUT2D eigenvalue weighted by Gasteiger charge is 2.30. The van der Waals surface area contributed by atoms with Crippen LogP contribution in [0.2, 0.25) is 0 Å². The van der Waals surface area contributed by atoms with E-state index in [1.807, 2.05) is 36.4 Å². The highest BCUT2D eigenvalue weighted by atomic mass is 16.2. The summed E-state index contributed by atoms with van der Waals surface area (Å²) in [5.74, 6) is 0.220. The smallest absolute Gasteiger partial charge is 0.274 e. The van der Waals surface area contributed by atoms with Crippen LogP contribution in [0.25, 0.3) is 0 Å². The van der Waals surface area contributed by atoms with Crippen LogP contribution < -0.4 is 0 Å². The highest BCUT2D eigenvalue weighted by molar-refractivity contribution is 5.92. The molecule has 1 atom stereocenters. The van der Waals surface area contributed by atoms with E-state index in [2.05, 4.69) is 15.3 Å². The molecule has 0 aromatic carbocycles. The van der Waals surface area contributed by atoms with E-state index in [0.29, 0.717) is 25.2 Å². The maximum absolute atomic E-state index is 12.6. The predicted molar refractivity (Wildman–Crippen MR) is 96.7 cm³/mol. The highest BCUT2D eigenvalue weighted by Crippen LogP contribution is 2.19. The Balaban J connectivity index is 1.60. The summed E-state index contributed by atoms with van der Waals surface area (Å²) in [5, 5.41) is 11.5. The zero-order chi connectivity index (χ0) is 18.8. The molecule has 3 rings (SSSR count). The molecule has 3 heterocycles. The van der Waals surface area contributed by atoms with E-state index in [-0.39, 0.29) is 17.7 Å². The van der Waals surface area contributed by atoms with Crippen LogP contribution >= 0.6 is 0 Å². The van der Waals surface area contributed by atoms with E-state index < -0.39 is 0 Å². The first-order chi connectivity index (χ1) is 12.4. The minimum atomic E-state index is -0.136. The van der Waals surface area contributed by atoms with Crippen LogP contribution in [0.15, 0.2) is 12.1 Å². The molecule has 8 nitrogen and oxygen atoms in total. The lowest BCUT2D eigenvalue weighted by atomic mass is 10.1. The number of carbonyl (C=O) groups excluding carboxylic acids is 2. The van der Waals surface area contributed by atoms with Crippen LogP contribution in [0.5, 0.6) is 0 Å². The van der Waals surface area contributed by atoms with Crippen LogP contribution in [0, 0.1) is 19.8 Å². The van der Waals surface area contributed by atoms with Crippen LogP contribution in [-0.2, 0) is 11.3 Å². The number of carbonyl (C=O) groups is 2. The van der Waals surface area contributed by atoms with Gasteiger partial charge < -0.3 is 9.80 Å². The van der Waals surface area contributed by atoms with Crippen LogP contribution in [0.1, 0.15) is 40.9 Å². The Hall–Kier alpha value is -2.64. The molecule has 0 radical (unpaired) electrons. The molecule has 0 spiro atoms. The first-order valence-corrected chi connectivity index (χ1v) is 8.96. The topological polar surface area (TPSA) is 87.1 Å². The normalized spacial score (nSPS) is 17.2. The van der Waals surface area contributed by atoms with E-state index in [1.165, 1.54) is 0 Å². The largest absolute Gasteiger partial charge is 0.343 e.